The Morgan fingerprint density at radius 1 is 0.943 bits per heavy atom. The fourth-order valence-electron chi connectivity index (χ4n) is 8.38. The van der Waals surface area contributed by atoms with Gasteiger partial charge in [-0.1, -0.05) is 90.8 Å². The summed E-state index contributed by atoms with van der Waals surface area (Å²) in [6.07, 6.45) is 8.58. The van der Waals surface area contributed by atoms with Crippen molar-refractivity contribution in [1.82, 2.24) is 19.3 Å². The molecule has 0 amide bonds. The number of aromatic nitrogens is 4. The van der Waals surface area contributed by atoms with Crippen molar-refractivity contribution in [2.75, 3.05) is 0 Å². The fourth-order valence-corrected chi connectivity index (χ4v) is 8.38. The second-order valence-corrected chi connectivity index (χ2v) is 16.7. The van der Waals surface area contributed by atoms with Crippen LogP contribution in [0.3, 0.4) is 0 Å². The number of fused-ring (bicyclic) bond motifs is 3. The molecule has 0 fully saturated rings. The van der Waals surface area contributed by atoms with Crippen molar-refractivity contribution in [2.45, 2.75) is 106 Å². The van der Waals surface area contributed by atoms with Gasteiger partial charge in [-0.05, 0) is 97.5 Å². The third-order valence-electron chi connectivity index (χ3n) is 11.0. The van der Waals surface area contributed by atoms with E-state index in [1.807, 2.05) is 12.3 Å². The Hall–Kier alpha value is -3.95. The first kappa shape index (κ1) is 38.8. The zero-order valence-electron chi connectivity index (χ0n) is 33.1. The monoisotopic (exact) mass is 885 g/mol. The van der Waals surface area contributed by atoms with Crippen molar-refractivity contribution in [3.8, 4) is 23.0 Å². The molecular formula is C47H54N4OPt. The van der Waals surface area contributed by atoms with Gasteiger partial charge in [-0.2, -0.15) is 11.2 Å². The zero-order chi connectivity index (χ0) is 36.9. The quantitative estimate of drug-likeness (QED) is 0.107. The molecule has 0 bridgehead atoms. The number of hydrogen-bond donors (Lipinski definition) is 0. The Kier molecular flexibility index (Phi) is 11.3. The molecule has 0 spiro atoms. The van der Waals surface area contributed by atoms with Gasteiger partial charge in [0.2, 0.25) is 0 Å². The smallest absolute Gasteiger partial charge is 0.509 e. The fraction of sp³-hybridized carbons (Fsp3) is 0.404. The first-order valence-corrected chi connectivity index (χ1v) is 19.3. The van der Waals surface area contributed by atoms with Gasteiger partial charge in [0, 0.05) is 40.4 Å². The number of rotatable bonds is 9. The van der Waals surface area contributed by atoms with E-state index < -0.39 is 0 Å². The van der Waals surface area contributed by atoms with Gasteiger partial charge >= 0.3 is 21.1 Å². The van der Waals surface area contributed by atoms with Crippen LogP contribution in [0.5, 0.6) is 11.5 Å². The van der Waals surface area contributed by atoms with Crippen LogP contribution in [-0.4, -0.2) is 19.3 Å². The molecule has 1 aliphatic rings. The maximum absolute atomic E-state index is 6.76. The SMILES string of the molecule is CCc1ccnc(-n2c3[c-]c(Oc4[c-]c(-n5nc(C)c(C6C(C)=C[C@H](C)C[C@@H]6C)c5CCC(C)C)cc(C(C)(C)C)c4)ccc3c3ccccc32)c1.[Pt+2]. The Balaban J connectivity index is 0.00000481. The maximum atomic E-state index is 6.76. The van der Waals surface area contributed by atoms with E-state index in [9.17, 15) is 0 Å². The van der Waals surface area contributed by atoms with E-state index in [0.29, 0.717) is 35.2 Å². The molecule has 3 heterocycles. The van der Waals surface area contributed by atoms with Crippen LogP contribution in [0.15, 0.2) is 78.5 Å². The number of aryl methyl sites for hydroxylation is 2. The van der Waals surface area contributed by atoms with E-state index >= 15 is 0 Å². The van der Waals surface area contributed by atoms with Crippen molar-refractivity contribution in [1.29, 1.82) is 0 Å². The zero-order valence-corrected chi connectivity index (χ0v) is 35.4. The number of hydrogen-bond acceptors (Lipinski definition) is 3. The van der Waals surface area contributed by atoms with Gasteiger partial charge in [0.25, 0.3) is 0 Å². The summed E-state index contributed by atoms with van der Waals surface area (Å²) in [5, 5.41) is 7.58. The molecule has 6 aromatic rings. The molecule has 3 atom stereocenters. The first-order valence-electron chi connectivity index (χ1n) is 19.3. The van der Waals surface area contributed by atoms with Crippen LogP contribution in [0, 0.1) is 36.8 Å². The average molecular weight is 886 g/mol. The summed E-state index contributed by atoms with van der Waals surface area (Å²) in [4.78, 5) is 4.80. The van der Waals surface area contributed by atoms with Gasteiger partial charge in [-0.15, -0.1) is 41.3 Å². The first-order chi connectivity index (χ1) is 24.8. The van der Waals surface area contributed by atoms with Crippen molar-refractivity contribution in [2.24, 2.45) is 17.8 Å². The summed E-state index contributed by atoms with van der Waals surface area (Å²) in [7, 11) is 0. The summed E-state index contributed by atoms with van der Waals surface area (Å²) in [5.41, 5.74) is 10.5. The van der Waals surface area contributed by atoms with Gasteiger partial charge in [-0.25, -0.2) is 4.98 Å². The van der Waals surface area contributed by atoms with Crippen molar-refractivity contribution in [3.05, 3.63) is 119 Å². The maximum Gasteiger partial charge on any atom is 2.00 e. The van der Waals surface area contributed by atoms with Gasteiger partial charge in [0.05, 0.1) is 5.69 Å². The van der Waals surface area contributed by atoms with Crippen LogP contribution in [0.4, 0.5) is 0 Å². The average Bonchev–Trinajstić information content (AvgIpc) is 3.60. The summed E-state index contributed by atoms with van der Waals surface area (Å²) < 4.78 is 11.1. The third-order valence-corrected chi connectivity index (χ3v) is 11.0. The second kappa shape index (κ2) is 15.4. The Labute approximate surface area is 331 Å². The van der Waals surface area contributed by atoms with E-state index in [-0.39, 0.29) is 26.5 Å². The Morgan fingerprint density at radius 3 is 2.43 bits per heavy atom. The molecule has 3 aromatic heterocycles. The van der Waals surface area contributed by atoms with E-state index in [1.54, 1.807) is 0 Å². The molecule has 1 aliphatic carbocycles. The molecule has 0 aliphatic heterocycles. The minimum absolute atomic E-state index is 0. The van der Waals surface area contributed by atoms with Crippen LogP contribution in [0.2, 0.25) is 0 Å². The largest absolute Gasteiger partial charge is 2.00 e. The number of nitrogens with zero attached hydrogens (tertiary/aromatic N) is 4. The third kappa shape index (κ3) is 7.70. The van der Waals surface area contributed by atoms with Gasteiger partial charge in [-0.3, -0.25) is 4.68 Å². The Morgan fingerprint density at radius 2 is 1.72 bits per heavy atom. The van der Waals surface area contributed by atoms with E-state index in [1.165, 1.54) is 34.4 Å². The van der Waals surface area contributed by atoms with E-state index in [0.717, 1.165) is 58.3 Å². The number of pyridine rings is 1. The summed E-state index contributed by atoms with van der Waals surface area (Å²) >= 11 is 0. The molecule has 5 nitrogen and oxygen atoms in total. The second-order valence-electron chi connectivity index (χ2n) is 16.7. The van der Waals surface area contributed by atoms with Crippen LogP contribution >= 0.6 is 0 Å². The normalized spacial score (nSPS) is 17.7. The number of benzene rings is 3. The molecule has 53 heavy (non-hydrogen) atoms. The summed E-state index contributed by atoms with van der Waals surface area (Å²) in [5.74, 6) is 4.29. The molecular weight excluding hydrogens is 832 g/mol. The van der Waals surface area contributed by atoms with Crippen LogP contribution < -0.4 is 4.74 Å². The standard InChI is InChI=1S/C47H54N4O.Pt/c1-11-34-20-21-48-44(24-34)50-41-15-13-12-14-39(41)40-18-17-37(28-43(40)50)52-38-26-35(47(8,9)10)25-36(27-38)51-42(19-16-29(2)3)46(33(7)49-51)45-31(5)22-30(4)23-32(45)6;/h12-15,17-18,20-22,24-26,29-30,32,45H,11,16,19,23H2,1-10H3;/q-2;+2/t30-,32-,45?;/m0./s1. The minimum Gasteiger partial charge on any atom is -0.509 e. The van der Waals surface area contributed by atoms with Gasteiger partial charge in [0.1, 0.15) is 5.82 Å². The van der Waals surface area contributed by atoms with E-state index in [4.69, 9.17) is 14.8 Å². The molecule has 7 rings (SSSR count). The van der Waals surface area contributed by atoms with Crippen molar-refractivity contribution in [3.63, 3.8) is 0 Å². The van der Waals surface area contributed by atoms with Crippen LogP contribution in [-0.2, 0) is 39.3 Å². The summed E-state index contributed by atoms with van der Waals surface area (Å²) in [6.45, 7) is 22.8. The minimum atomic E-state index is -0.117. The number of allylic oxidation sites excluding steroid dienone is 2. The predicted molar refractivity (Wildman–Crippen MR) is 215 cm³/mol. The van der Waals surface area contributed by atoms with Crippen LogP contribution in [0.25, 0.3) is 33.3 Å². The van der Waals surface area contributed by atoms with Crippen molar-refractivity contribution >= 4 is 21.8 Å². The molecule has 0 saturated heterocycles. The molecule has 278 valence electrons. The molecule has 0 saturated carbocycles. The van der Waals surface area contributed by atoms with Crippen molar-refractivity contribution < 1.29 is 25.8 Å². The molecule has 6 heteroatoms. The number of ether oxygens (including phenoxy) is 1. The molecule has 0 radical (unpaired) electrons. The van der Waals surface area contributed by atoms with Gasteiger partial charge in [0.15, 0.2) is 0 Å². The molecule has 1 unspecified atom stereocenters. The molecule has 3 aromatic carbocycles. The summed E-state index contributed by atoms with van der Waals surface area (Å²) in [6, 6.07) is 28.6. The predicted octanol–water partition coefficient (Wildman–Crippen LogP) is 12.2. The topological polar surface area (TPSA) is 44.9 Å². The molecule has 0 N–H and O–H groups in total. The Bertz CT molecular complexity index is 2280. The van der Waals surface area contributed by atoms with Crippen LogP contribution in [0.1, 0.15) is 109 Å². The number of para-hydroxylation sites is 1. The van der Waals surface area contributed by atoms with Gasteiger partial charge < -0.3 is 9.30 Å². The van der Waals surface area contributed by atoms with E-state index in [2.05, 4.69) is 151 Å².